The number of fused-ring (bicyclic) bond motifs is 1. The van der Waals surface area contributed by atoms with Crippen LogP contribution in [0.2, 0.25) is 0 Å². The van der Waals surface area contributed by atoms with E-state index in [9.17, 15) is 9.59 Å². The van der Waals surface area contributed by atoms with Gasteiger partial charge in [-0.15, -0.1) is 0 Å². The van der Waals surface area contributed by atoms with Crippen LogP contribution in [-0.2, 0) is 15.0 Å². The van der Waals surface area contributed by atoms with E-state index in [2.05, 4.69) is 24.3 Å². The molecule has 5 nitrogen and oxygen atoms in total. The molecule has 0 unspecified atom stereocenters. The van der Waals surface area contributed by atoms with Gasteiger partial charge in [0.2, 0.25) is 11.8 Å². The number of imide groups is 1. The van der Waals surface area contributed by atoms with E-state index in [0.717, 1.165) is 38.7 Å². The highest BCUT2D eigenvalue weighted by Gasteiger charge is 2.68. The minimum absolute atomic E-state index is 0.149. The van der Waals surface area contributed by atoms with Crippen molar-refractivity contribution in [3.8, 4) is 5.75 Å². The lowest BCUT2D eigenvalue weighted by Crippen LogP contribution is -2.54. The van der Waals surface area contributed by atoms with Crippen LogP contribution >= 0.6 is 0 Å². The number of carbonyl (C=O) groups excluding carboxylic acids is 2. The van der Waals surface area contributed by atoms with E-state index in [1.165, 1.54) is 4.90 Å². The summed E-state index contributed by atoms with van der Waals surface area (Å²) in [5, 5.41) is 1.88. The fourth-order valence-corrected chi connectivity index (χ4v) is 7.56. The Morgan fingerprint density at radius 3 is 2.17 bits per heavy atom. The molecule has 5 aromatic rings. The molecule has 4 aliphatic rings. The Morgan fingerprint density at radius 2 is 1.41 bits per heavy atom. The van der Waals surface area contributed by atoms with E-state index in [1.54, 1.807) is 7.11 Å². The molecule has 41 heavy (non-hydrogen) atoms. The van der Waals surface area contributed by atoms with Gasteiger partial charge in [0.15, 0.2) is 0 Å². The second-order valence-corrected chi connectivity index (χ2v) is 11.0. The van der Waals surface area contributed by atoms with Gasteiger partial charge in [0.1, 0.15) is 5.75 Å². The molecule has 5 aromatic carbocycles. The maximum atomic E-state index is 14.7. The summed E-state index contributed by atoms with van der Waals surface area (Å²) in [4.78, 5) is 35.7. The molecule has 1 aliphatic heterocycles. The first-order chi connectivity index (χ1) is 20.1. The lowest BCUT2D eigenvalue weighted by Gasteiger charge is -2.52. The third-order valence-corrected chi connectivity index (χ3v) is 9.16. The second-order valence-electron chi connectivity index (χ2n) is 11.0. The zero-order valence-electron chi connectivity index (χ0n) is 22.4. The summed E-state index contributed by atoms with van der Waals surface area (Å²) in [6, 6.07) is 37.8. The molecule has 2 bridgehead atoms. The van der Waals surface area contributed by atoms with Gasteiger partial charge in [0.25, 0.3) is 0 Å². The number of nitrogens with zero attached hydrogens (tertiary/aromatic N) is 2. The summed E-state index contributed by atoms with van der Waals surface area (Å²) in [6.45, 7) is 0. The fourth-order valence-electron chi connectivity index (χ4n) is 7.56. The zero-order chi connectivity index (χ0) is 27.7. The van der Waals surface area contributed by atoms with Crippen molar-refractivity contribution >= 4 is 40.2 Å². The van der Waals surface area contributed by atoms with Gasteiger partial charge < -0.3 is 4.74 Å². The maximum Gasteiger partial charge on any atom is 0.239 e. The highest BCUT2D eigenvalue weighted by Crippen LogP contribution is 2.64. The van der Waals surface area contributed by atoms with Gasteiger partial charge in [0, 0.05) is 23.6 Å². The van der Waals surface area contributed by atoms with Crippen molar-refractivity contribution < 1.29 is 14.3 Å². The number of anilines is 1. The molecule has 0 N–H and O–H groups in total. The van der Waals surface area contributed by atoms with Crippen LogP contribution in [0.15, 0.2) is 120 Å². The van der Waals surface area contributed by atoms with E-state index in [-0.39, 0.29) is 17.7 Å². The average molecular weight is 535 g/mol. The van der Waals surface area contributed by atoms with Crippen molar-refractivity contribution in [3.63, 3.8) is 0 Å². The van der Waals surface area contributed by atoms with Gasteiger partial charge in [-0.1, -0.05) is 91.0 Å². The maximum absolute atomic E-state index is 14.7. The lowest BCUT2D eigenvalue weighted by molar-refractivity contribution is -0.122. The normalized spacial score (nSPS) is 24.0. The summed E-state index contributed by atoms with van der Waals surface area (Å²) in [6.07, 6.45) is 1.92. The quantitative estimate of drug-likeness (QED) is 0.188. The van der Waals surface area contributed by atoms with Gasteiger partial charge in [-0.2, -0.15) is 0 Å². The first-order valence-corrected chi connectivity index (χ1v) is 13.9. The number of rotatable bonds is 4. The van der Waals surface area contributed by atoms with Crippen LogP contribution in [-0.4, -0.2) is 25.1 Å². The number of hydrogen-bond donors (Lipinski definition) is 0. The van der Waals surface area contributed by atoms with Crippen molar-refractivity contribution in [3.05, 3.63) is 138 Å². The Kier molecular flexibility index (Phi) is 5.08. The number of hydrogen-bond acceptors (Lipinski definition) is 4. The Bertz CT molecular complexity index is 1870. The molecule has 2 atom stereocenters. The molecule has 0 radical (unpaired) electrons. The minimum Gasteiger partial charge on any atom is -0.497 e. The van der Waals surface area contributed by atoms with Crippen molar-refractivity contribution in [2.45, 2.75) is 11.3 Å². The molecule has 0 saturated carbocycles. The van der Waals surface area contributed by atoms with E-state index in [1.807, 2.05) is 97.2 Å². The molecular weight excluding hydrogens is 508 g/mol. The van der Waals surface area contributed by atoms with Gasteiger partial charge in [-0.25, -0.2) is 4.90 Å². The van der Waals surface area contributed by atoms with Crippen LogP contribution in [0.5, 0.6) is 5.75 Å². The van der Waals surface area contributed by atoms with E-state index < -0.39 is 17.3 Å². The van der Waals surface area contributed by atoms with E-state index >= 15 is 0 Å². The Labute approximate surface area is 237 Å². The molecule has 0 aromatic heterocycles. The predicted octanol–water partition coefficient (Wildman–Crippen LogP) is 6.80. The fraction of sp³-hybridized carbons (Fsp3) is 0.139. The summed E-state index contributed by atoms with van der Waals surface area (Å²) >= 11 is 0. The van der Waals surface area contributed by atoms with Crippen molar-refractivity contribution in [2.24, 2.45) is 16.8 Å². The van der Waals surface area contributed by atoms with Crippen LogP contribution in [0, 0.1) is 11.8 Å². The Balaban J connectivity index is 1.39. The average Bonchev–Trinajstić information content (AvgIpc) is 3.30. The first kappa shape index (κ1) is 23.8. The molecular formula is C36H26N2O3. The summed E-state index contributed by atoms with van der Waals surface area (Å²) in [7, 11) is 1.63. The molecule has 9 rings (SSSR count). The standard InChI is InChI=1S/C36H26N2O3/c1-41-24-13-9-12-23(20-24)37-21-36-28-17-6-4-15-26(28)31(27-16-5-7-18-29(27)36)32-33(36)35(40)38(34(32)39)30-19-8-11-22-10-2-3-14-25(22)30/h2-21,31-33H,1H3/t31?,32-,33+,36?/m1/s1. The van der Waals surface area contributed by atoms with E-state index in [0.29, 0.717) is 11.4 Å². The van der Waals surface area contributed by atoms with Crippen molar-refractivity contribution in [2.75, 3.05) is 12.0 Å². The molecule has 2 amide bonds. The van der Waals surface area contributed by atoms with Crippen LogP contribution in [0.4, 0.5) is 11.4 Å². The summed E-state index contributed by atoms with van der Waals surface area (Å²) in [5.41, 5.74) is 4.70. The number of amides is 2. The lowest BCUT2D eigenvalue weighted by atomic mass is 9.47. The molecule has 5 heteroatoms. The highest BCUT2D eigenvalue weighted by molar-refractivity contribution is 6.27. The largest absolute Gasteiger partial charge is 0.497 e. The van der Waals surface area contributed by atoms with Crippen LogP contribution in [0.3, 0.4) is 0 Å². The third kappa shape index (κ3) is 3.14. The first-order valence-electron chi connectivity index (χ1n) is 13.9. The van der Waals surface area contributed by atoms with E-state index in [4.69, 9.17) is 9.73 Å². The Morgan fingerprint density at radius 1 is 0.756 bits per heavy atom. The van der Waals surface area contributed by atoms with Gasteiger partial charge >= 0.3 is 0 Å². The Hall–Kier alpha value is -5.03. The monoisotopic (exact) mass is 534 g/mol. The zero-order valence-corrected chi connectivity index (χ0v) is 22.4. The summed E-state index contributed by atoms with van der Waals surface area (Å²) in [5.74, 6) is -0.999. The molecule has 1 fully saturated rings. The molecule has 198 valence electrons. The van der Waals surface area contributed by atoms with Crippen molar-refractivity contribution in [1.29, 1.82) is 0 Å². The van der Waals surface area contributed by atoms with Crippen molar-refractivity contribution in [1.82, 2.24) is 0 Å². The number of aliphatic imine (C=N–C) groups is 1. The predicted molar refractivity (Wildman–Crippen MR) is 160 cm³/mol. The van der Waals surface area contributed by atoms with Gasteiger partial charge in [-0.05, 0) is 45.8 Å². The SMILES string of the molecule is COc1cccc(N=CC23c4ccccc4C(c4ccccc42)[C@H]2C(=O)N(c4cccc5ccccc45)C(=O)[C@H]23)c1. The molecule has 1 saturated heterocycles. The van der Waals surface area contributed by atoms with Gasteiger partial charge in [-0.3, -0.25) is 14.6 Å². The van der Waals surface area contributed by atoms with Crippen LogP contribution in [0.25, 0.3) is 10.8 Å². The van der Waals surface area contributed by atoms with Crippen LogP contribution < -0.4 is 9.64 Å². The molecule has 0 spiro atoms. The van der Waals surface area contributed by atoms with Gasteiger partial charge in [0.05, 0.1) is 35.7 Å². The number of carbonyl (C=O) groups is 2. The summed E-state index contributed by atoms with van der Waals surface area (Å²) < 4.78 is 5.44. The number of methoxy groups -OCH3 is 1. The topological polar surface area (TPSA) is 59.0 Å². The highest BCUT2D eigenvalue weighted by atomic mass is 16.5. The number of benzene rings is 5. The molecule has 1 heterocycles. The minimum atomic E-state index is -0.915. The van der Waals surface area contributed by atoms with Crippen LogP contribution in [0.1, 0.15) is 28.2 Å². The smallest absolute Gasteiger partial charge is 0.239 e. The second kappa shape index (κ2) is 8.73. The molecule has 3 aliphatic carbocycles. The number of ether oxygens (including phenoxy) is 1. The third-order valence-electron chi connectivity index (χ3n) is 9.16.